The number of carbonyl (C=O) groups excluding carboxylic acids is 2. The number of nitrogens with one attached hydrogen (secondary N) is 2. The highest BCUT2D eigenvalue weighted by atomic mass is 35.5. The number of aromatic nitrogens is 1. The molecule has 1 aromatic heterocycles. The first-order valence-corrected chi connectivity index (χ1v) is 13.9. The van der Waals surface area contributed by atoms with Crippen LogP contribution in [0.5, 0.6) is 0 Å². The predicted molar refractivity (Wildman–Crippen MR) is 153 cm³/mol. The monoisotopic (exact) mass is 609 g/mol. The van der Waals surface area contributed by atoms with Crippen LogP contribution in [0.25, 0.3) is 10.9 Å². The molecule has 2 fully saturated rings. The van der Waals surface area contributed by atoms with Gasteiger partial charge < -0.3 is 24.8 Å². The normalized spacial score (nSPS) is 16.4. The maximum atomic E-state index is 15.4. The number of hydrogen-bond acceptors (Lipinski definition) is 6. The van der Waals surface area contributed by atoms with E-state index in [9.17, 15) is 14.4 Å². The Bertz CT molecular complexity index is 1500. The van der Waals surface area contributed by atoms with Gasteiger partial charge in [-0.05, 0) is 23.8 Å². The summed E-state index contributed by atoms with van der Waals surface area (Å²) >= 11 is 18.7. The minimum Gasteiger partial charge on any atom is -0.378 e. The van der Waals surface area contributed by atoms with Gasteiger partial charge in [-0.2, -0.15) is 0 Å². The molecule has 0 bridgehead atoms. The Balaban J connectivity index is 1.28. The summed E-state index contributed by atoms with van der Waals surface area (Å²) in [4.78, 5) is 47.1. The van der Waals surface area contributed by atoms with Gasteiger partial charge in [0, 0.05) is 62.1 Å². The van der Waals surface area contributed by atoms with Crippen molar-refractivity contribution in [1.29, 1.82) is 0 Å². The van der Waals surface area contributed by atoms with Gasteiger partial charge in [-0.15, -0.1) is 0 Å². The molecule has 2 amide bonds. The van der Waals surface area contributed by atoms with E-state index >= 15 is 4.39 Å². The summed E-state index contributed by atoms with van der Waals surface area (Å²) < 4.78 is 20.7. The molecule has 3 heterocycles. The zero-order valence-electron chi connectivity index (χ0n) is 21.4. The van der Waals surface area contributed by atoms with Gasteiger partial charge in [0.2, 0.25) is 11.3 Å². The summed E-state index contributed by atoms with van der Waals surface area (Å²) in [5.74, 6) is -1.25. The number of benzene rings is 2. The molecule has 3 aromatic rings. The minimum absolute atomic E-state index is 0.0295. The van der Waals surface area contributed by atoms with Gasteiger partial charge in [-0.25, -0.2) is 4.39 Å². The molecule has 0 atom stereocenters. The number of aromatic amines is 1. The SMILES string of the molecule is O=C(NCc1ccc(Cl)cc1Cl)c1c[nH]c2c(Cl)c(N3CCN(CC(=O)N4CCOCC4)CC3)c(F)cc2c1=O. The van der Waals surface area contributed by atoms with Crippen LogP contribution in [-0.2, 0) is 16.1 Å². The summed E-state index contributed by atoms with van der Waals surface area (Å²) in [5.41, 5.74) is 0.219. The Labute approximate surface area is 244 Å². The number of piperazine rings is 1. The first-order valence-electron chi connectivity index (χ1n) is 12.8. The van der Waals surface area contributed by atoms with Crippen LogP contribution in [0.1, 0.15) is 15.9 Å². The van der Waals surface area contributed by atoms with E-state index in [4.69, 9.17) is 39.5 Å². The smallest absolute Gasteiger partial charge is 0.257 e. The molecular formula is C27H27Cl3FN5O4. The molecule has 0 spiro atoms. The van der Waals surface area contributed by atoms with Crippen molar-refractivity contribution >= 4 is 63.2 Å². The number of nitrogens with zero attached hydrogens (tertiary/aromatic N) is 3. The Morgan fingerprint density at radius 2 is 1.75 bits per heavy atom. The molecule has 2 aliphatic heterocycles. The van der Waals surface area contributed by atoms with Crippen LogP contribution in [0.2, 0.25) is 15.1 Å². The van der Waals surface area contributed by atoms with E-state index in [0.29, 0.717) is 74.6 Å². The fourth-order valence-electron chi connectivity index (χ4n) is 4.91. The largest absolute Gasteiger partial charge is 0.378 e. The van der Waals surface area contributed by atoms with Gasteiger partial charge in [0.25, 0.3) is 5.91 Å². The summed E-state index contributed by atoms with van der Waals surface area (Å²) in [6, 6.07) is 5.98. The maximum absolute atomic E-state index is 15.4. The van der Waals surface area contributed by atoms with Gasteiger partial charge in [0.1, 0.15) is 11.4 Å². The van der Waals surface area contributed by atoms with Crippen LogP contribution in [0, 0.1) is 5.82 Å². The molecule has 0 aliphatic carbocycles. The van der Waals surface area contributed by atoms with E-state index in [-0.39, 0.29) is 39.6 Å². The average Bonchev–Trinajstić information content (AvgIpc) is 2.94. The molecule has 2 saturated heterocycles. The fourth-order valence-corrected chi connectivity index (χ4v) is 5.75. The molecule has 2 aromatic carbocycles. The Morgan fingerprint density at radius 3 is 2.45 bits per heavy atom. The van der Waals surface area contributed by atoms with Crippen LogP contribution in [0.3, 0.4) is 0 Å². The topological polar surface area (TPSA) is 98.0 Å². The molecule has 0 saturated carbocycles. The number of fused-ring (bicyclic) bond motifs is 1. The first kappa shape index (κ1) is 28.6. The number of halogens is 4. The van der Waals surface area contributed by atoms with E-state index < -0.39 is 17.2 Å². The lowest BCUT2D eigenvalue weighted by Crippen LogP contribution is -2.51. The van der Waals surface area contributed by atoms with Gasteiger partial charge in [0.15, 0.2) is 0 Å². The van der Waals surface area contributed by atoms with Crippen LogP contribution in [0.15, 0.2) is 35.3 Å². The van der Waals surface area contributed by atoms with Gasteiger partial charge in [-0.3, -0.25) is 19.3 Å². The summed E-state index contributed by atoms with van der Waals surface area (Å²) in [6.45, 7) is 4.66. The molecular weight excluding hydrogens is 584 g/mol. The number of morpholine rings is 1. The van der Waals surface area contributed by atoms with Crippen molar-refractivity contribution in [1.82, 2.24) is 20.1 Å². The van der Waals surface area contributed by atoms with E-state index in [1.165, 1.54) is 6.20 Å². The summed E-state index contributed by atoms with van der Waals surface area (Å²) in [7, 11) is 0. The number of carbonyl (C=O) groups is 2. The van der Waals surface area contributed by atoms with Crippen LogP contribution in [-0.4, -0.2) is 85.6 Å². The Morgan fingerprint density at radius 1 is 1.02 bits per heavy atom. The fraction of sp³-hybridized carbons (Fsp3) is 0.370. The maximum Gasteiger partial charge on any atom is 0.257 e. The summed E-state index contributed by atoms with van der Waals surface area (Å²) in [5, 5.41) is 3.53. The molecule has 0 radical (unpaired) electrons. The predicted octanol–water partition coefficient (Wildman–Crippen LogP) is 3.54. The number of H-pyrrole nitrogens is 1. The molecule has 0 unspecified atom stereocenters. The second-order valence-electron chi connectivity index (χ2n) is 9.65. The van der Waals surface area contributed by atoms with E-state index in [0.717, 1.165) is 6.07 Å². The number of anilines is 1. The van der Waals surface area contributed by atoms with E-state index in [1.54, 1.807) is 23.1 Å². The third-order valence-corrected chi connectivity index (χ3v) is 8.11. The molecule has 40 heavy (non-hydrogen) atoms. The van der Waals surface area contributed by atoms with Crippen LogP contribution < -0.4 is 15.6 Å². The highest BCUT2D eigenvalue weighted by Crippen LogP contribution is 2.35. The van der Waals surface area contributed by atoms with Crippen molar-refractivity contribution in [3.8, 4) is 0 Å². The standard InChI is InChI=1S/C27H27Cl3FN5O4/c28-17-2-1-16(20(29)11-17)13-33-27(39)19-14-32-24-18(26(19)38)12-21(31)25(23(24)30)36-5-3-34(4-6-36)15-22(37)35-7-9-40-10-8-35/h1-2,11-12,14H,3-10,13,15H2,(H,32,38)(H,33,39). The molecule has 13 heteroatoms. The lowest BCUT2D eigenvalue weighted by molar-refractivity contribution is -0.136. The molecule has 212 valence electrons. The van der Waals surface area contributed by atoms with Crippen molar-refractivity contribution < 1.29 is 18.7 Å². The van der Waals surface area contributed by atoms with Gasteiger partial charge in [0.05, 0.1) is 41.4 Å². The number of amides is 2. The van der Waals surface area contributed by atoms with Crippen LogP contribution in [0.4, 0.5) is 10.1 Å². The molecule has 5 rings (SSSR count). The molecule has 2 aliphatic rings. The quantitative estimate of drug-likeness (QED) is 0.443. The van der Waals surface area contributed by atoms with E-state index in [1.807, 2.05) is 9.80 Å². The minimum atomic E-state index is -0.661. The van der Waals surface area contributed by atoms with Crippen molar-refractivity contribution in [2.24, 2.45) is 0 Å². The number of ether oxygens (including phenoxy) is 1. The Kier molecular flexibility index (Phi) is 8.82. The molecule has 2 N–H and O–H groups in total. The third kappa shape index (κ3) is 6.06. The lowest BCUT2D eigenvalue weighted by Gasteiger charge is -2.37. The second kappa shape index (κ2) is 12.3. The Hall–Kier alpha value is -2.89. The average molecular weight is 611 g/mol. The number of hydrogen-bond donors (Lipinski definition) is 2. The highest BCUT2D eigenvalue weighted by molar-refractivity contribution is 6.38. The van der Waals surface area contributed by atoms with Crippen molar-refractivity contribution in [2.45, 2.75) is 6.54 Å². The zero-order valence-corrected chi connectivity index (χ0v) is 23.7. The number of rotatable bonds is 6. The highest BCUT2D eigenvalue weighted by Gasteiger charge is 2.27. The van der Waals surface area contributed by atoms with Gasteiger partial charge >= 0.3 is 0 Å². The second-order valence-corrected chi connectivity index (χ2v) is 10.9. The first-order chi connectivity index (χ1) is 19.2. The summed E-state index contributed by atoms with van der Waals surface area (Å²) in [6.07, 6.45) is 1.27. The zero-order chi connectivity index (χ0) is 28.4. The van der Waals surface area contributed by atoms with Crippen LogP contribution >= 0.6 is 34.8 Å². The van der Waals surface area contributed by atoms with Crippen molar-refractivity contribution in [3.05, 3.63) is 72.7 Å². The van der Waals surface area contributed by atoms with Crippen molar-refractivity contribution in [2.75, 3.05) is 63.9 Å². The van der Waals surface area contributed by atoms with Gasteiger partial charge in [-0.1, -0.05) is 40.9 Å². The lowest BCUT2D eigenvalue weighted by atomic mass is 10.1. The molecule has 9 nitrogen and oxygen atoms in total. The van der Waals surface area contributed by atoms with E-state index in [2.05, 4.69) is 10.3 Å². The number of pyridine rings is 1. The van der Waals surface area contributed by atoms with Crippen molar-refractivity contribution in [3.63, 3.8) is 0 Å². The third-order valence-electron chi connectivity index (χ3n) is 7.15.